The number of hydrogen-bond donors (Lipinski definition) is 2. The van der Waals surface area contributed by atoms with E-state index in [4.69, 9.17) is 14.4 Å². The van der Waals surface area contributed by atoms with Gasteiger partial charge < -0.3 is 14.4 Å². The highest BCUT2D eigenvalue weighted by Gasteiger charge is 2.26. The molecule has 0 radical (unpaired) electrons. The lowest BCUT2D eigenvalue weighted by molar-refractivity contribution is -0.174. The zero-order valence-electron chi connectivity index (χ0n) is 14.9. The first-order chi connectivity index (χ1) is 10.9. The fraction of sp³-hybridized carbons (Fsp3) is 0.867. The third-order valence-electron chi connectivity index (χ3n) is 3.20. The molecule has 9 heteroatoms. The van der Waals surface area contributed by atoms with Crippen molar-refractivity contribution >= 4 is 20.1 Å². The lowest BCUT2D eigenvalue weighted by Crippen LogP contribution is -2.36. The zero-order chi connectivity index (χ0) is 18.9. The second kappa shape index (κ2) is 10.7. The van der Waals surface area contributed by atoms with Gasteiger partial charge in [0, 0.05) is 13.1 Å². The molecule has 2 N–H and O–H groups in total. The van der Waals surface area contributed by atoms with Gasteiger partial charge in [-0.15, -0.1) is 0 Å². The first-order valence-corrected chi connectivity index (χ1v) is 9.52. The number of carbonyl (C=O) groups excluding carboxylic acids is 2. The van der Waals surface area contributed by atoms with Gasteiger partial charge in [0.1, 0.15) is 0 Å². The van der Waals surface area contributed by atoms with Crippen molar-refractivity contribution in [1.29, 1.82) is 0 Å². The predicted molar refractivity (Wildman–Crippen MR) is 88.6 cm³/mol. The lowest BCUT2D eigenvalue weighted by atomic mass is 9.97. The highest BCUT2D eigenvalue weighted by atomic mass is 31.1. The molecular formula is C15H29FNO6P. The third kappa shape index (κ3) is 11.4. The van der Waals surface area contributed by atoms with Crippen LogP contribution < -0.4 is 5.32 Å². The molecule has 1 amide bonds. The first kappa shape index (κ1) is 22.9. The van der Waals surface area contributed by atoms with Crippen molar-refractivity contribution in [3.63, 3.8) is 0 Å². The Bertz CT molecular complexity index is 440. The molecule has 142 valence electrons. The van der Waals surface area contributed by atoms with Crippen molar-refractivity contribution in [3.05, 3.63) is 0 Å². The molecular weight excluding hydrogens is 340 g/mol. The number of ether oxygens (including phenoxy) is 2. The van der Waals surface area contributed by atoms with Gasteiger partial charge in [-0.1, -0.05) is 6.92 Å². The normalized spacial score (nSPS) is 16.6. The summed E-state index contributed by atoms with van der Waals surface area (Å²) in [7, 11) is -2.49. The standard InChI is InChI=1S/C15H29FNO6P/c1-10(8-9-24(20)21)6-7-12(16)17-14(19)23-11(2)22-13(18)15(3,4)5/h10-12,24H,6-9H2,1-5H3,(H,17,19)(H,20,21). The molecule has 0 rings (SSSR count). The van der Waals surface area contributed by atoms with Crippen molar-refractivity contribution in [2.75, 3.05) is 6.16 Å². The number of halogens is 1. The summed E-state index contributed by atoms with van der Waals surface area (Å²) in [6, 6.07) is 0. The average molecular weight is 369 g/mol. The Morgan fingerprint density at radius 2 is 1.75 bits per heavy atom. The van der Waals surface area contributed by atoms with Gasteiger partial charge in [0.15, 0.2) is 14.3 Å². The molecule has 0 fully saturated rings. The number of rotatable bonds is 9. The summed E-state index contributed by atoms with van der Waals surface area (Å²) < 4.78 is 34.0. The van der Waals surface area contributed by atoms with Crippen LogP contribution in [-0.4, -0.2) is 35.7 Å². The second-order valence-electron chi connectivity index (χ2n) is 6.86. The van der Waals surface area contributed by atoms with Gasteiger partial charge >= 0.3 is 12.1 Å². The molecule has 0 heterocycles. The Morgan fingerprint density at radius 3 is 2.25 bits per heavy atom. The number of nitrogens with one attached hydrogen (secondary N) is 1. The van der Waals surface area contributed by atoms with Crippen molar-refractivity contribution in [2.24, 2.45) is 11.3 Å². The molecule has 24 heavy (non-hydrogen) atoms. The van der Waals surface area contributed by atoms with E-state index in [0.717, 1.165) is 0 Å². The largest absolute Gasteiger partial charge is 0.425 e. The minimum absolute atomic E-state index is 0.0682. The van der Waals surface area contributed by atoms with Gasteiger partial charge in [-0.05, 0) is 46.0 Å². The lowest BCUT2D eigenvalue weighted by Gasteiger charge is -2.21. The fourth-order valence-corrected chi connectivity index (χ4v) is 2.42. The number of alkyl carbamates (subject to hydrolysis) is 1. The molecule has 4 atom stereocenters. The van der Waals surface area contributed by atoms with Gasteiger partial charge in [0.05, 0.1) is 5.41 Å². The fourth-order valence-electron chi connectivity index (χ4n) is 1.68. The van der Waals surface area contributed by atoms with Crippen LogP contribution in [0, 0.1) is 11.3 Å². The number of amides is 1. The smallest absolute Gasteiger partial charge is 0.412 e. The monoisotopic (exact) mass is 369 g/mol. The van der Waals surface area contributed by atoms with Gasteiger partial charge in [-0.3, -0.25) is 14.7 Å². The van der Waals surface area contributed by atoms with Crippen LogP contribution in [-0.2, 0) is 18.8 Å². The molecule has 0 aromatic heterocycles. The summed E-state index contributed by atoms with van der Waals surface area (Å²) in [6.45, 7) is 8.21. The van der Waals surface area contributed by atoms with Gasteiger partial charge in [-0.2, -0.15) is 0 Å². The Hall–Kier alpha value is -1.14. The topological polar surface area (TPSA) is 102 Å². The summed E-state index contributed by atoms with van der Waals surface area (Å²) in [4.78, 5) is 31.9. The molecule has 7 nitrogen and oxygen atoms in total. The summed E-state index contributed by atoms with van der Waals surface area (Å²) in [5.74, 6) is -0.453. The van der Waals surface area contributed by atoms with Gasteiger partial charge in [0.25, 0.3) is 0 Å². The maximum absolute atomic E-state index is 13.7. The summed E-state index contributed by atoms with van der Waals surface area (Å²) in [5.41, 5.74) is -0.730. The molecule has 4 unspecified atom stereocenters. The van der Waals surface area contributed by atoms with E-state index in [1.54, 1.807) is 20.8 Å². The van der Waals surface area contributed by atoms with E-state index < -0.39 is 38.1 Å². The SMILES string of the molecule is CC(CCC(F)NC(=O)OC(C)OC(=O)C(C)(C)C)CC[PH](=O)O. The van der Waals surface area contributed by atoms with Crippen molar-refractivity contribution < 1.29 is 32.9 Å². The van der Waals surface area contributed by atoms with Crippen LogP contribution >= 0.6 is 8.03 Å². The molecule has 0 aromatic rings. The van der Waals surface area contributed by atoms with Crippen molar-refractivity contribution in [3.8, 4) is 0 Å². The molecule has 0 aliphatic heterocycles. The zero-order valence-corrected chi connectivity index (χ0v) is 15.9. The van der Waals surface area contributed by atoms with Crippen molar-refractivity contribution in [2.45, 2.75) is 66.5 Å². The van der Waals surface area contributed by atoms with Gasteiger partial charge in [-0.25, -0.2) is 9.18 Å². The van der Waals surface area contributed by atoms with E-state index in [0.29, 0.717) is 12.8 Å². The number of alkyl halides is 1. The Morgan fingerprint density at radius 1 is 1.17 bits per heavy atom. The molecule has 0 spiro atoms. The molecule has 0 saturated carbocycles. The minimum Gasteiger partial charge on any atom is -0.425 e. The van der Waals surface area contributed by atoms with Gasteiger partial charge in [0.2, 0.25) is 6.29 Å². The van der Waals surface area contributed by atoms with Crippen LogP contribution in [0.1, 0.15) is 53.9 Å². The van der Waals surface area contributed by atoms with Crippen LogP contribution in [0.3, 0.4) is 0 Å². The van der Waals surface area contributed by atoms with Crippen LogP contribution in [0.2, 0.25) is 0 Å². The highest BCUT2D eigenvalue weighted by Crippen LogP contribution is 2.21. The van der Waals surface area contributed by atoms with E-state index in [-0.39, 0.29) is 18.5 Å². The molecule has 0 saturated heterocycles. The third-order valence-corrected chi connectivity index (χ3v) is 3.91. The van der Waals surface area contributed by atoms with E-state index in [2.05, 4.69) is 0 Å². The van der Waals surface area contributed by atoms with E-state index in [1.165, 1.54) is 6.92 Å². The quantitative estimate of drug-likeness (QED) is 0.280. The van der Waals surface area contributed by atoms with Crippen LogP contribution in [0.25, 0.3) is 0 Å². The Labute approximate surface area is 143 Å². The van der Waals surface area contributed by atoms with E-state index in [1.807, 2.05) is 12.2 Å². The number of hydrogen-bond acceptors (Lipinski definition) is 5. The van der Waals surface area contributed by atoms with E-state index in [9.17, 15) is 18.5 Å². The Kier molecular flexibility index (Phi) is 10.2. The van der Waals surface area contributed by atoms with Crippen LogP contribution in [0.4, 0.5) is 9.18 Å². The second-order valence-corrected chi connectivity index (χ2v) is 8.14. The average Bonchev–Trinajstić information content (AvgIpc) is 2.41. The molecule has 0 aliphatic rings. The highest BCUT2D eigenvalue weighted by molar-refractivity contribution is 7.37. The predicted octanol–water partition coefficient (Wildman–Crippen LogP) is 3.22. The molecule has 0 aliphatic carbocycles. The van der Waals surface area contributed by atoms with Crippen LogP contribution in [0.15, 0.2) is 0 Å². The molecule has 0 aromatic carbocycles. The van der Waals surface area contributed by atoms with Crippen LogP contribution in [0.5, 0.6) is 0 Å². The van der Waals surface area contributed by atoms with Crippen molar-refractivity contribution in [1.82, 2.24) is 5.32 Å². The van der Waals surface area contributed by atoms with E-state index >= 15 is 0 Å². The minimum atomic E-state index is -2.49. The summed E-state index contributed by atoms with van der Waals surface area (Å²) in [5, 5.41) is 2.02. The Balaban J connectivity index is 4.05. The summed E-state index contributed by atoms with van der Waals surface area (Å²) >= 11 is 0. The summed E-state index contributed by atoms with van der Waals surface area (Å²) in [6.07, 6.45) is -2.45. The first-order valence-electron chi connectivity index (χ1n) is 7.96. The number of carbonyl (C=O) groups is 2. The molecule has 0 bridgehead atoms. The maximum Gasteiger partial charge on any atom is 0.412 e. The maximum atomic E-state index is 13.7. The number of esters is 1.